The van der Waals surface area contributed by atoms with Crippen molar-refractivity contribution in [3.8, 4) is 5.75 Å². The first-order valence-corrected chi connectivity index (χ1v) is 6.49. The molecule has 0 aliphatic rings. The summed E-state index contributed by atoms with van der Waals surface area (Å²) in [6, 6.07) is 5.78. The number of nitrogens with zero attached hydrogens (tertiary/aromatic N) is 2. The van der Waals surface area contributed by atoms with Gasteiger partial charge in [0.1, 0.15) is 5.75 Å². The molecule has 0 saturated heterocycles. The number of phenols is 1. The van der Waals surface area contributed by atoms with Crippen molar-refractivity contribution < 1.29 is 5.11 Å². The molecule has 0 bridgehead atoms. The molecule has 1 aromatic carbocycles. The van der Waals surface area contributed by atoms with E-state index >= 15 is 0 Å². The largest absolute Gasteiger partial charge is 0.508 e. The number of aryl methyl sites for hydroxylation is 2. The molecule has 0 saturated carbocycles. The highest BCUT2D eigenvalue weighted by molar-refractivity contribution is 5.37. The quantitative estimate of drug-likeness (QED) is 0.887. The Morgan fingerprint density at radius 3 is 2.74 bits per heavy atom. The van der Waals surface area contributed by atoms with Gasteiger partial charge in [-0.1, -0.05) is 17.7 Å². The van der Waals surface area contributed by atoms with E-state index in [9.17, 15) is 5.11 Å². The highest BCUT2D eigenvalue weighted by Crippen LogP contribution is 2.25. The van der Waals surface area contributed by atoms with Crippen LogP contribution in [0.5, 0.6) is 5.75 Å². The molecule has 4 nitrogen and oxygen atoms in total. The number of hydrogen-bond donors (Lipinski definition) is 2. The van der Waals surface area contributed by atoms with Crippen LogP contribution in [0.15, 0.2) is 24.4 Å². The number of nitrogens with one attached hydrogen (secondary N) is 1. The Hall–Kier alpha value is -1.81. The van der Waals surface area contributed by atoms with Crippen molar-refractivity contribution in [1.82, 2.24) is 15.1 Å². The van der Waals surface area contributed by atoms with Crippen molar-refractivity contribution in [2.24, 2.45) is 7.05 Å². The van der Waals surface area contributed by atoms with Crippen LogP contribution in [0.3, 0.4) is 0 Å². The van der Waals surface area contributed by atoms with Crippen LogP contribution in [0.25, 0.3) is 0 Å². The summed E-state index contributed by atoms with van der Waals surface area (Å²) in [7, 11) is 1.94. The lowest BCUT2D eigenvalue weighted by molar-refractivity contribution is 0.452. The molecule has 19 heavy (non-hydrogen) atoms. The van der Waals surface area contributed by atoms with Crippen molar-refractivity contribution in [2.45, 2.75) is 33.4 Å². The molecule has 0 radical (unpaired) electrons. The van der Waals surface area contributed by atoms with Crippen molar-refractivity contribution in [3.05, 3.63) is 46.8 Å². The molecule has 2 rings (SSSR count). The normalized spacial score (nSPS) is 12.6. The average molecular weight is 259 g/mol. The molecule has 4 heteroatoms. The lowest BCUT2D eigenvalue weighted by Gasteiger charge is -2.16. The Kier molecular flexibility index (Phi) is 3.90. The highest BCUT2D eigenvalue weighted by atomic mass is 16.3. The van der Waals surface area contributed by atoms with Gasteiger partial charge in [0.15, 0.2) is 0 Å². The molecule has 0 aliphatic carbocycles. The standard InChI is InChI=1S/C15H21N3O/c1-10-5-6-15(19)14(7-10)11(2)16-8-13-9-17-18(4)12(13)3/h5-7,9,11,16,19H,8H2,1-4H3. The van der Waals surface area contributed by atoms with Gasteiger partial charge in [-0.05, 0) is 26.8 Å². The van der Waals surface area contributed by atoms with Gasteiger partial charge in [-0.15, -0.1) is 0 Å². The summed E-state index contributed by atoms with van der Waals surface area (Å²) in [6.07, 6.45) is 1.88. The second-order valence-corrected chi connectivity index (χ2v) is 5.04. The van der Waals surface area contributed by atoms with E-state index in [1.54, 1.807) is 6.07 Å². The lowest BCUT2D eigenvalue weighted by Crippen LogP contribution is -2.18. The van der Waals surface area contributed by atoms with Crippen LogP contribution < -0.4 is 5.32 Å². The van der Waals surface area contributed by atoms with Crippen molar-refractivity contribution >= 4 is 0 Å². The van der Waals surface area contributed by atoms with Gasteiger partial charge in [-0.2, -0.15) is 5.10 Å². The van der Waals surface area contributed by atoms with Gasteiger partial charge in [-0.3, -0.25) is 4.68 Å². The maximum absolute atomic E-state index is 9.90. The molecule has 2 N–H and O–H groups in total. The van der Waals surface area contributed by atoms with E-state index in [0.717, 1.165) is 23.4 Å². The van der Waals surface area contributed by atoms with Crippen LogP contribution in [-0.4, -0.2) is 14.9 Å². The summed E-state index contributed by atoms with van der Waals surface area (Å²) in [4.78, 5) is 0. The average Bonchev–Trinajstić information content (AvgIpc) is 2.70. The molecule has 0 spiro atoms. The molecule has 0 aliphatic heterocycles. The van der Waals surface area contributed by atoms with Crippen LogP contribution in [0.4, 0.5) is 0 Å². The van der Waals surface area contributed by atoms with Gasteiger partial charge in [0.05, 0.1) is 6.20 Å². The van der Waals surface area contributed by atoms with E-state index < -0.39 is 0 Å². The van der Waals surface area contributed by atoms with Crippen LogP contribution >= 0.6 is 0 Å². The van der Waals surface area contributed by atoms with Crippen molar-refractivity contribution in [2.75, 3.05) is 0 Å². The number of phenolic OH excluding ortho intramolecular Hbond substituents is 1. The van der Waals surface area contributed by atoms with Crippen LogP contribution in [-0.2, 0) is 13.6 Å². The Morgan fingerprint density at radius 2 is 2.11 bits per heavy atom. The number of benzene rings is 1. The smallest absolute Gasteiger partial charge is 0.120 e. The third-order valence-corrected chi connectivity index (χ3v) is 3.59. The summed E-state index contributed by atoms with van der Waals surface area (Å²) < 4.78 is 1.87. The SMILES string of the molecule is Cc1ccc(O)c(C(C)NCc2cnn(C)c2C)c1. The number of hydrogen-bond acceptors (Lipinski definition) is 3. The molecule has 102 valence electrons. The molecular formula is C15H21N3O. The topological polar surface area (TPSA) is 50.1 Å². The lowest BCUT2D eigenvalue weighted by atomic mass is 10.0. The minimum absolute atomic E-state index is 0.0968. The fourth-order valence-corrected chi connectivity index (χ4v) is 2.11. The second kappa shape index (κ2) is 5.45. The summed E-state index contributed by atoms with van der Waals surface area (Å²) in [5.74, 6) is 0.341. The summed E-state index contributed by atoms with van der Waals surface area (Å²) in [5.41, 5.74) is 4.43. The van der Waals surface area contributed by atoms with Crippen LogP contribution in [0.2, 0.25) is 0 Å². The van der Waals surface area contributed by atoms with E-state index in [2.05, 4.69) is 24.3 Å². The van der Waals surface area contributed by atoms with Gasteiger partial charge in [0, 0.05) is 36.5 Å². The summed E-state index contributed by atoms with van der Waals surface area (Å²) in [6.45, 7) is 6.88. The zero-order valence-electron chi connectivity index (χ0n) is 11.9. The van der Waals surface area contributed by atoms with Gasteiger partial charge in [-0.25, -0.2) is 0 Å². The first-order valence-electron chi connectivity index (χ1n) is 6.49. The van der Waals surface area contributed by atoms with E-state index in [4.69, 9.17) is 0 Å². The first-order chi connectivity index (χ1) is 8.99. The van der Waals surface area contributed by atoms with Crippen molar-refractivity contribution in [1.29, 1.82) is 0 Å². The highest BCUT2D eigenvalue weighted by Gasteiger charge is 2.11. The molecule has 1 aromatic heterocycles. The minimum Gasteiger partial charge on any atom is -0.508 e. The molecule has 1 atom stereocenters. The van der Waals surface area contributed by atoms with Gasteiger partial charge in [0.25, 0.3) is 0 Å². The maximum Gasteiger partial charge on any atom is 0.120 e. The first kappa shape index (κ1) is 13.6. The van der Waals surface area contributed by atoms with Gasteiger partial charge >= 0.3 is 0 Å². The van der Waals surface area contributed by atoms with E-state index in [-0.39, 0.29) is 6.04 Å². The van der Waals surface area contributed by atoms with Crippen molar-refractivity contribution in [3.63, 3.8) is 0 Å². The molecule has 1 heterocycles. The maximum atomic E-state index is 9.90. The molecule has 0 amide bonds. The number of aromatic nitrogens is 2. The molecule has 0 fully saturated rings. The zero-order chi connectivity index (χ0) is 14.0. The third kappa shape index (κ3) is 2.96. The predicted molar refractivity (Wildman–Crippen MR) is 76.0 cm³/mol. The molecule has 2 aromatic rings. The van der Waals surface area contributed by atoms with E-state index in [0.29, 0.717) is 5.75 Å². The van der Waals surface area contributed by atoms with Crippen LogP contribution in [0, 0.1) is 13.8 Å². The fourth-order valence-electron chi connectivity index (χ4n) is 2.11. The van der Waals surface area contributed by atoms with E-state index in [1.165, 1.54) is 5.56 Å². The molecular weight excluding hydrogens is 238 g/mol. The van der Waals surface area contributed by atoms with Gasteiger partial charge < -0.3 is 10.4 Å². The minimum atomic E-state index is 0.0968. The molecule has 1 unspecified atom stereocenters. The Labute approximate surface area is 114 Å². The Morgan fingerprint density at radius 1 is 1.37 bits per heavy atom. The van der Waals surface area contributed by atoms with Gasteiger partial charge in [0.2, 0.25) is 0 Å². The van der Waals surface area contributed by atoms with E-state index in [1.807, 2.05) is 37.0 Å². The zero-order valence-corrected chi connectivity index (χ0v) is 11.9. The van der Waals surface area contributed by atoms with Crippen LogP contribution in [0.1, 0.15) is 35.3 Å². The summed E-state index contributed by atoms with van der Waals surface area (Å²) in [5, 5.41) is 17.6. The Balaban J connectivity index is 2.07. The second-order valence-electron chi connectivity index (χ2n) is 5.04. The fraction of sp³-hybridized carbons (Fsp3) is 0.400. The predicted octanol–water partition coefficient (Wildman–Crippen LogP) is 2.59. The summed E-state index contributed by atoms with van der Waals surface area (Å²) >= 11 is 0. The third-order valence-electron chi connectivity index (χ3n) is 3.59. The number of rotatable bonds is 4. The Bertz CT molecular complexity index is 575. The monoisotopic (exact) mass is 259 g/mol. The number of aromatic hydroxyl groups is 1.